The van der Waals surface area contributed by atoms with Crippen molar-refractivity contribution in [1.29, 1.82) is 0 Å². The number of fused-ring (bicyclic) bond motifs is 15. The predicted octanol–water partition coefficient (Wildman–Crippen LogP) is 11.4. The van der Waals surface area contributed by atoms with Crippen LogP contribution in [0.1, 0.15) is 0 Å². The zero-order valence-electron chi connectivity index (χ0n) is 26.1. The fourth-order valence-electron chi connectivity index (χ4n) is 8.43. The van der Waals surface area contributed by atoms with Gasteiger partial charge in [0.25, 0.3) is 0 Å². The lowest BCUT2D eigenvalue weighted by Crippen LogP contribution is -2.02. The molecular weight excluding hydrogens is 601 g/mol. The third-order valence-corrected chi connectivity index (χ3v) is 10.4. The molecule has 0 spiro atoms. The van der Waals surface area contributed by atoms with E-state index in [9.17, 15) is 0 Å². The van der Waals surface area contributed by atoms with Crippen LogP contribution in [0.4, 0.5) is 0 Å². The van der Waals surface area contributed by atoms with Gasteiger partial charge in [-0.1, -0.05) is 109 Å². The highest BCUT2D eigenvalue weighted by atomic mass is 16.3. The molecule has 0 atom stereocenters. The second-order valence-electron chi connectivity index (χ2n) is 12.9. The van der Waals surface area contributed by atoms with Gasteiger partial charge in [-0.15, -0.1) is 0 Å². The standard InChI is InChI=1S/C44H24N4O/c1-2-13-26(14-3-1)43-45-39-30-18-8-11-21-36(30)49-42(39)44(46-43)48-34-20-10-7-17-29(34)32-24-31-28-16-6-9-19-33(28)47-35-23-22-25-12-4-5-15-27(25)37(35)38(40(31)47)41(32)48/h1-24H. The molecular formula is C44H24N4O. The lowest BCUT2D eigenvalue weighted by atomic mass is 9.99. The molecule has 0 unspecified atom stereocenters. The number of hydrogen-bond acceptors (Lipinski definition) is 3. The Morgan fingerprint density at radius 3 is 2.00 bits per heavy atom. The summed E-state index contributed by atoms with van der Waals surface area (Å²) in [6.07, 6.45) is 0. The van der Waals surface area contributed by atoms with Crippen LogP contribution in [0.3, 0.4) is 0 Å². The molecule has 0 radical (unpaired) electrons. The molecule has 226 valence electrons. The van der Waals surface area contributed by atoms with Crippen LogP contribution in [-0.2, 0) is 0 Å². The van der Waals surface area contributed by atoms with Crippen molar-refractivity contribution in [3.05, 3.63) is 146 Å². The van der Waals surface area contributed by atoms with Crippen LogP contribution in [0.25, 0.3) is 110 Å². The van der Waals surface area contributed by atoms with E-state index in [1.165, 1.54) is 59.6 Å². The van der Waals surface area contributed by atoms with Crippen molar-refractivity contribution in [3.8, 4) is 17.2 Å². The average Bonchev–Trinajstić information content (AvgIpc) is 3.90. The molecule has 0 aliphatic heterocycles. The topological polar surface area (TPSA) is 48.3 Å². The molecule has 5 nitrogen and oxygen atoms in total. The molecule has 12 aromatic rings. The van der Waals surface area contributed by atoms with E-state index in [4.69, 9.17) is 14.4 Å². The number of hydrogen-bond donors (Lipinski definition) is 0. The van der Waals surface area contributed by atoms with Crippen LogP contribution >= 0.6 is 0 Å². The van der Waals surface area contributed by atoms with Crippen LogP contribution in [0.5, 0.6) is 0 Å². The highest BCUT2D eigenvalue weighted by Crippen LogP contribution is 2.48. The highest BCUT2D eigenvalue weighted by molar-refractivity contribution is 6.37. The van der Waals surface area contributed by atoms with Crippen molar-refractivity contribution in [2.75, 3.05) is 0 Å². The summed E-state index contributed by atoms with van der Waals surface area (Å²) in [5.41, 5.74) is 9.06. The van der Waals surface area contributed by atoms with Crippen LogP contribution < -0.4 is 0 Å². The molecule has 5 heterocycles. The smallest absolute Gasteiger partial charge is 0.197 e. The van der Waals surface area contributed by atoms with Gasteiger partial charge in [-0.05, 0) is 47.2 Å². The van der Waals surface area contributed by atoms with Crippen LogP contribution in [-0.4, -0.2) is 18.9 Å². The Labute approximate surface area is 278 Å². The van der Waals surface area contributed by atoms with Gasteiger partial charge in [-0.25, -0.2) is 9.97 Å². The Morgan fingerprint density at radius 2 is 1.14 bits per heavy atom. The van der Waals surface area contributed by atoms with Gasteiger partial charge in [-0.2, -0.15) is 0 Å². The quantitative estimate of drug-likeness (QED) is 0.192. The van der Waals surface area contributed by atoms with Crippen molar-refractivity contribution < 1.29 is 4.42 Å². The van der Waals surface area contributed by atoms with Gasteiger partial charge >= 0.3 is 0 Å². The maximum absolute atomic E-state index is 6.71. The largest absolute Gasteiger partial charge is 0.450 e. The minimum Gasteiger partial charge on any atom is -0.450 e. The fourth-order valence-corrected chi connectivity index (χ4v) is 8.43. The van der Waals surface area contributed by atoms with E-state index in [1.807, 2.05) is 36.4 Å². The van der Waals surface area contributed by atoms with E-state index in [1.54, 1.807) is 0 Å². The molecule has 0 fully saturated rings. The molecule has 0 bridgehead atoms. The molecule has 0 aliphatic carbocycles. The first-order valence-corrected chi connectivity index (χ1v) is 16.6. The molecule has 5 heteroatoms. The van der Waals surface area contributed by atoms with Gasteiger partial charge in [0.1, 0.15) is 11.1 Å². The first-order valence-electron chi connectivity index (χ1n) is 16.6. The van der Waals surface area contributed by atoms with Crippen molar-refractivity contribution in [3.63, 3.8) is 0 Å². The maximum atomic E-state index is 6.71. The van der Waals surface area contributed by atoms with Crippen molar-refractivity contribution >= 4 is 92.7 Å². The van der Waals surface area contributed by atoms with Crippen LogP contribution in [0.2, 0.25) is 0 Å². The van der Waals surface area contributed by atoms with E-state index >= 15 is 0 Å². The second kappa shape index (κ2) is 9.00. The summed E-state index contributed by atoms with van der Waals surface area (Å²) >= 11 is 0. The minimum atomic E-state index is 0.665. The first kappa shape index (κ1) is 25.4. The SMILES string of the molecule is c1ccc(-c2nc(-n3c4ccccc4c4cc5c6ccccc6n6c7ccc8ccccc8c7c(c43)c56)c3oc4ccccc4c3n2)cc1. The molecule has 49 heavy (non-hydrogen) atoms. The monoisotopic (exact) mass is 624 g/mol. The van der Waals surface area contributed by atoms with E-state index in [0.29, 0.717) is 11.4 Å². The highest BCUT2D eigenvalue weighted by Gasteiger charge is 2.27. The summed E-state index contributed by atoms with van der Waals surface area (Å²) in [4.78, 5) is 10.5. The molecule has 0 saturated heterocycles. The number of benzene rings is 7. The fraction of sp³-hybridized carbons (Fsp3) is 0. The van der Waals surface area contributed by atoms with Gasteiger partial charge in [0.15, 0.2) is 17.2 Å². The number of nitrogens with zero attached hydrogens (tertiary/aromatic N) is 4. The predicted molar refractivity (Wildman–Crippen MR) is 201 cm³/mol. The average molecular weight is 625 g/mol. The third kappa shape index (κ3) is 3.15. The summed E-state index contributed by atoms with van der Waals surface area (Å²) in [7, 11) is 0. The number of furan rings is 1. The molecule has 0 saturated carbocycles. The van der Waals surface area contributed by atoms with Crippen molar-refractivity contribution in [1.82, 2.24) is 18.9 Å². The van der Waals surface area contributed by atoms with Gasteiger partial charge in [-0.3, -0.25) is 4.57 Å². The zero-order valence-corrected chi connectivity index (χ0v) is 26.1. The van der Waals surface area contributed by atoms with Crippen molar-refractivity contribution in [2.45, 2.75) is 0 Å². The molecule has 12 rings (SSSR count). The van der Waals surface area contributed by atoms with E-state index in [-0.39, 0.29) is 0 Å². The Kier molecular flexibility index (Phi) is 4.66. The van der Waals surface area contributed by atoms with E-state index in [2.05, 4.69) is 118 Å². The van der Waals surface area contributed by atoms with E-state index < -0.39 is 0 Å². The summed E-state index contributed by atoms with van der Waals surface area (Å²) in [6.45, 7) is 0. The van der Waals surface area contributed by atoms with Gasteiger partial charge in [0.2, 0.25) is 0 Å². The number of aromatic nitrogens is 4. The number of para-hydroxylation sites is 3. The lowest BCUT2D eigenvalue weighted by molar-refractivity contribution is 0.662. The Morgan fingerprint density at radius 1 is 0.469 bits per heavy atom. The Bertz CT molecular complexity index is 3330. The molecule has 0 N–H and O–H groups in total. The van der Waals surface area contributed by atoms with Crippen molar-refractivity contribution in [2.24, 2.45) is 0 Å². The molecule has 5 aromatic heterocycles. The summed E-state index contributed by atoms with van der Waals surface area (Å²) in [5, 5.41) is 10.8. The maximum Gasteiger partial charge on any atom is 0.197 e. The van der Waals surface area contributed by atoms with Crippen LogP contribution in [0.15, 0.2) is 150 Å². The number of rotatable bonds is 2. The molecule has 0 amide bonds. The molecule has 0 aliphatic rings. The Hall–Kier alpha value is -6.72. The normalized spacial score (nSPS) is 12.5. The summed E-state index contributed by atoms with van der Waals surface area (Å²) in [6, 6.07) is 51.5. The third-order valence-electron chi connectivity index (χ3n) is 10.4. The van der Waals surface area contributed by atoms with Crippen LogP contribution in [0, 0.1) is 0 Å². The summed E-state index contributed by atoms with van der Waals surface area (Å²) < 4.78 is 11.5. The summed E-state index contributed by atoms with van der Waals surface area (Å²) in [5.74, 6) is 1.40. The first-order chi connectivity index (χ1) is 24.3. The second-order valence-corrected chi connectivity index (χ2v) is 12.9. The van der Waals surface area contributed by atoms with Gasteiger partial charge in [0.05, 0.1) is 27.6 Å². The Balaban J connectivity index is 1.39. The zero-order chi connectivity index (χ0) is 31.8. The minimum absolute atomic E-state index is 0.665. The molecule has 7 aromatic carbocycles. The lowest BCUT2D eigenvalue weighted by Gasteiger charge is -2.11. The van der Waals surface area contributed by atoms with Gasteiger partial charge < -0.3 is 8.82 Å². The van der Waals surface area contributed by atoms with E-state index in [0.717, 1.165) is 38.9 Å². The van der Waals surface area contributed by atoms with Gasteiger partial charge in [0, 0.05) is 43.3 Å².